The monoisotopic (exact) mass is 361 g/mol. The van der Waals surface area contributed by atoms with Crippen molar-refractivity contribution in [3.8, 4) is 11.8 Å². The number of nitrogens with one attached hydrogen (secondary N) is 1. The number of ether oxygens (including phenoxy) is 1. The van der Waals surface area contributed by atoms with Gasteiger partial charge in [0.15, 0.2) is 0 Å². The van der Waals surface area contributed by atoms with Crippen LogP contribution >= 0.6 is 0 Å². The summed E-state index contributed by atoms with van der Waals surface area (Å²) in [6, 6.07) is 17.1. The Morgan fingerprint density at radius 3 is 2.63 bits per heavy atom. The van der Waals surface area contributed by atoms with Crippen LogP contribution in [0, 0.1) is 11.3 Å². The molecule has 0 aliphatic carbocycles. The highest BCUT2D eigenvalue weighted by molar-refractivity contribution is 6.09. The van der Waals surface area contributed by atoms with Gasteiger partial charge in [-0.3, -0.25) is 4.79 Å². The third-order valence-corrected chi connectivity index (χ3v) is 4.44. The molecule has 0 bridgehead atoms. The summed E-state index contributed by atoms with van der Waals surface area (Å²) in [7, 11) is 0. The number of anilines is 2. The highest BCUT2D eigenvalue weighted by atomic mass is 16.5. The molecule has 0 radical (unpaired) electrons. The maximum Gasteiger partial charge on any atom is 0.266 e. The topological polar surface area (TPSA) is 65.4 Å². The molecule has 27 heavy (non-hydrogen) atoms. The minimum absolute atomic E-state index is 0.0609. The van der Waals surface area contributed by atoms with Crippen molar-refractivity contribution in [1.82, 2.24) is 0 Å². The molecule has 0 spiro atoms. The predicted octanol–water partition coefficient (Wildman–Crippen LogP) is 4.23. The summed E-state index contributed by atoms with van der Waals surface area (Å²) < 4.78 is 5.43. The van der Waals surface area contributed by atoms with Crippen LogP contribution in [0.5, 0.6) is 5.75 Å². The number of amides is 1. The second-order valence-electron chi connectivity index (χ2n) is 6.37. The van der Waals surface area contributed by atoms with E-state index in [0.717, 1.165) is 18.7 Å². The molecule has 0 saturated carbocycles. The average molecular weight is 361 g/mol. The van der Waals surface area contributed by atoms with E-state index in [-0.39, 0.29) is 5.57 Å². The number of hydrogen-bond donors (Lipinski definition) is 1. The lowest BCUT2D eigenvalue weighted by Gasteiger charge is -2.17. The molecular formula is C22H23N3O2. The van der Waals surface area contributed by atoms with Gasteiger partial charge in [0.1, 0.15) is 17.4 Å². The second-order valence-corrected chi connectivity index (χ2v) is 6.37. The van der Waals surface area contributed by atoms with E-state index in [1.165, 1.54) is 18.5 Å². The molecule has 1 aliphatic rings. The van der Waals surface area contributed by atoms with Crippen molar-refractivity contribution in [2.45, 2.75) is 19.8 Å². The Hall–Kier alpha value is -3.26. The maximum atomic E-state index is 12.4. The number of nitriles is 1. The van der Waals surface area contributed by atoms with Crippen molar-refractivity contribution in [3.05, 3.63) is 59.7 Å². The van der Waals surface area contributed by atoms with Crippen LogP contribution in [0.4, 0.5) is 11.4 Å². The van der Waals surface area contributed by atoms with Gasteiger partial charge in [0.05, 0.1) is 6.61 Å². The third-order valence-electron chi connectivity index (χ3n) is 4.44. The first-order valence-electron chi connectivity index (χ1n) is 9.20. The van der Waals surface area contributed by atoms with Gasteiger partial charge in [-0.25, -0.2) is 0 Å². The first-order valence-corrected chi connectivity index (χ1v) is 9.20. The fourth-order valence-corrected chi connectivity index (χ4v) is 3.10. The highest BCUT2D eigenvalue weighted by Gasteiger charge is 2.13. The molecule has 3 rings (SSSR count). The smallest absolute Gasteiger partial charge is 0.266 e. The van der Waals surface area contributed by atoms with E-state index >= 15 is 0 Å². The molecule has 2 aromatic carbocycles. The zero-order valence-electron chi connectivity index (χ0n) is 15.4. The third kappa shape index (κ3) is 4.89. The summed E-state index contributed by atoms with van der Waals surface area (Å²) in [5.74, 6) is 0.241. The summed E-state index contributed by atoms with van der Waals surface area (Å²) >= 11 is 0. The van der Waals surface area contributed by atoms with Crippen LogP contribution in [0.2, 0.25) is 0 Å². The summed E-state index contributed by atoms with van der Waals surface area (Å²) in [6.45, 7) is 4.62. The number of nitrogens with zero attached hydrogens (tertiary/aromatic N) is 2. The summed E-state index contributed by atoms with van der Waals surface area (Å²) in [5.41, 5.74) is 2.66. The molecule has 0 unspecified atom stereocenters. The Kier molecular flexibility index (Phi) is 6.11. The van der Waals surface area contributed by atoms with Crippen LogP contribution in [-0.2, 0) is 4.79 Å². The van der Waals surface area contributed by atoms with Crippen LogP contribution in [-0.4, -0.2) is 25.6 Å². The first kappa shape index (κ1) is 18.5. The molecule has 1 heterocycles. The van der Waals surface area contributed by atoms with Gasteiger partial charge in [0.25, 0.3) is 5.91 Å². The molecule has 1 fully saturated rings. The molecule has 2 aromatic rings. The number of rotatable bonds is 6. The van der Waals surface area contributed by atoms with Gasteiger partial charge in [-0.15, -0.1) is 0 Å². The molecule has 1 amide bonds. The Morgan fingerprint density at radius 2 is 1.96 bits per heavy atom. The van der Waals surface area contributed by atoms with Crippen molar-refractivity contribution < 1.29 is 9.53 Å². The van der Waals surface area contributed by atoms with Crippen LogP contribution in [0.3, 0.4) is 0 Å². The van der Waals surface area contributed by atoms with Gasteiger partial charge in [-0.2, -0.15) is 5.26 Å². The van der Waals surface area contributed by atoms with Crippen LogP contribution in [0.1, 0.15) is 25.3 Å². The molecule has 1 N–H and O–H groups in total. The standard InChI is InChI=1S/C22H23N3O2/c1-2-27-21-7-5-6-19(15-21)24-22(26)18(16-23)14-17-8-10-20(11-9-17)25-12-3-4-13-25/h5-11,14-15H,2-4,12-13H2,1H3,(H,24,26). The van der Waals surface area contributed by atoms with Crippen LogP contribution in [0.25, 0.3) is 6.08 Å². The Labute approximate surface area is 159 Å². The summed E-state index contributed by atoms with van der Waals surface area (Å²) in [6.07, 6.45) is 4.06. The van der Waals surface area contributed by atoms with E-state index < -0.39 is 5.91 Å². The minimum atomic E-state index is -0.435. The largest absolute Gasteiger partial charge is 0.494 e. The van der Waals surface area contributed by atoms with Gasteiger partial charge in [-0.05, 0) is 55.7 Å². The lowest BCUT2D eigenvalue weighted by atomic mass is 10.1. The van der Waals surface area contributed by atoms with Crippen LogP contribution in [0.15, 0.2) is 54.1 Å². The molecule has 1 saturated heterocycles. The molecule has 5 heteroatoms. The lowest BCUT2D eigenvalue weighted by molar-refractivity contribution is -0.112. The fraction of sp³-hybridized carbons (Fsp3) is 0.273. The Bertz CT molecular complexity index is 860. The molecule has 0 atom stereocenters. The predicted molar refractivity (Wildman–Crippen MR) is 108 cm³/mol. The van der Waals surface area contributed by atoms with Crippen molar-refractivity contribution in [2.75, 3.05) is 29.9 Å². The van der Waals surface area contributed by atoms with E-state index in [4.69, 9.17) is 4.74 Å². The van der Waals surface area contributed by atoms with E-state index in [2.05, 4.69) is 10.2 Å². The van der Waals surface area contributed by atoms with Crippen molar-refractivity contribution in [1.29, 1.82) is 5.26 Å². The summed E-state index contributed by atoms with van der Waals surface area (Å²) in [4.78, 5) is 14.8. The minimum Gasteiger partial charge on any atom is -0.494 e. The molecule has 1 aliphatic heterocycles. The highest BCUT2D eigenvalue weighted by Crippen LogP contribution is 2.22. The van der Waals surface area contributed by atoms with E-state index in [1.54, 1.807) is 24.3 Å². The number of benzene rings is 2. The van der Waals surface area contributed by atoms with Crippen molar-refractivity contribution >= 4 is 23.4 Å². The van der Waals surface area contributed by atoms with Crippen molar-refractivity contribution in [2.24, 2.45) is 0 Å². The van der Waals surface area contributed by atoms with Crippen molar-refractivity contribution in [3.63, 3.8) is 0 Å². The lowest BCUT2D eigenvalue weighted by Crippen LogP contribution is -2.17. The zero-order valence-corrected chi connectivity index (χ0v) is 15.4. The Morgan fingerprint density at radius 1 is 1.22 bits per heavy atom. The molecular weight excluding hydrogens is 338 g/mol. The number of hydrogen-bond acceptors (Lipinski definition) is 4. The Balaban J connectivity index is 1.70. The van der Waals surface area contributed by atoms with Gasteiger partial charge >= 0.3 is 0 Å². The fourth-order valence-electron chi connectivity index (χ4n) is 3.10. The van der Waals surface area contributed by atoms with Crippen LogP contribution < -0.4 is 15.0 Å². The van der Waals surface area contributed by atoms with Gasteiger partial charge in [0, 0.05) is 30.5 Å². The molecule has 138 valence electrons. The van der Waals surface area contributed by atoms with Gasteiger partial charge < -0.3 is 15.0 Å². The second kappa shape index (κ2) is 8.91. The van der Waals surface area contributed by atoms with Gasteiger partial charge in [-0.1, -0.05) is 18.2 Å². The molecule has 0 aromatic heterocycles. The number of carbonyl (C=O) groups excluding carboxylic acids is 1. The van der Waals surface area contributed by atoms with E-state index in [9.17, 15) is 10.1 Å². The normalized spacial score (nSPS) is 13.9. The quantitative estimate of drug-likeness (QED) is 0.618. The van der Waals surface area contributed by atoms with Gasteiger partial charge in [0.2, 0.25) is 0 Å². The summed E-state index contributed by atoms with van der Waals surface area (Å²) in [5, 5.41) is 12.1. The molecule has 5 nitrogen and oxygen atoms in total. The van der Waals surface area contributed by atoms with E-state index in [1.807, 2.05) is 43.3 Å². The SMILES string of the molecule is CCOc1cccc(NC(=O)C(C#N)=Cc2ccc(N3CCCC3)cc2)c1. The maximum absolute atomic E-state index is 12.4. The zero-order chi connectivity index (χ0) is 19.1. The van der Waals surface area contributed by atoms with E-state index in [0.29, 0.717) is 18.0 Å². The first-order chi connectivity index (χ1) is 13.2. The average Bonchev–Trinajstić information content (AvgIpc) is 3.22. The number of carbonyl (C=O) groups is 1.